The number of hydrogen-bond acceptors (Lipinski definition) is 2. The molecule has 1 amide bonds. The predicted octanol–water partition coefficient (Wildman–Crippen LogP) is 3.84. The van der Waals surface area contributed by atoms with E-state index in [1.54, 1.807) is 0 Å². The minimum atomic E-state index is -0.899. The van der Waals surface area contributed by atoms with Crippen LogP contribution in [0.5, 0.6) is 0 Å². The summed E-state index contributed by atoms with van der Waals surface area (Å²) in [6, 6.07) is 12.4. The van der Waals surface area contributed by atoms with Gasteiger partial charge in [0.25, 0.3) is 0 Å². The molecule has 0 aromatic heterocycles. The van der Waals surface area contributed by atoms with Gasteiger partial charge in [-0.15, -0.1) is 0 Å². The van der Waals surface area contributed by atoms with Crippen molar-refractivity contribution in [1.82, 2.24) is 5.32 Å². The SMILES string of the molecule is CCC(C#N)(CC)C(=O)NC(C)(C)CCc1ccccc1. The van der Waals surface area contributed by atoms with E-state index in [0.717, 1.165) is 12.8 Å². The van der Waals surface area contributed by atoms with Crippen molar-refractivity contribution >= 4 is 5.91 Å². The third-order valence-corrected chi connectivity index (χ3v) is 4.19. The van der Waals surface area contributed by atoms with Crippen LogP contribution in [-0.2, 0) is 11.2 Å². The second-order valence-electron chi connectivity index (χ2n) is 6.22. The molecule has 1 aromatic carbocycles. The molecule has 0 aliphatic carbocycles. The highest BCUT2D eigenvalue weighted by atomic mass is 16.2. The zero-order valence-electron chi connectivity index (χ0n) is 13.6. The van der Waals surface area contributed by atoms with Crippen molar-refractivity contribution in [2.45, 2.75) is 58.9 Å². The molecule has 0 radical (unpaired) electrons. The summed E-state index contributed by atoms with van der Waals surface area (Å²) < 4.78 is 0. The monoisotopic (exact) mass is 286 g/mol. The number of carbonyl (C=O) groups is 1. The Balaban J connectivity index is 2.67. The van der Waals surface area contributed by atoms with Gasteiger partial charge in [0, 0.05) is 5.54 Å². The summed E-state index contributed by atoms with van der Waals surface area (Å²) >= 11 is 0. The third kappa shape index (κ3) is 4.60. The van der Waals surface area contributed by atoms with Gasteiger partial charge in [-0.25, -0.2) is 0 Å². The smallest absolute Gasteiger partial charge is 0.240 e. The molecule has 0 saturated carbocycles. The van der Waals surface area contributed by atoms with Gasteiger partial charge < -0.3 is 5.32 Å². The fourth-order valence-corrected chi connectivity index (χ4v) is 2.37. The Morgan fingerprint density at radius 1 is 1.19 bits per heavy atom. The molecular weight excluding hydrogens is 260 g/mol. The van der Waals surface area contributed by atoms with Crippen LogP contribution < -0.4 is 5.32 Å². The highest BCUT2D eigenvalue weighted by molar-refractivity contribution is 5.85. The lowest BCUT2D eigenvalue weighted by atomic mass is 9.82. The first kappa shape index (κ1) is 17.2. The van der Waals surface area contributed by atoms with Crippen LogP contribution in [0.25, 0.3) is 0 Å². The van der Waals surface area contributed by atoms with E-state index in [9.17, 15) is 10.1 Å². The first-order chi connectivity index (χ1) is 9.89. The maximum atomic E-state index is 12.5. The van der Waals surface area contributed by atoms with Crippen molar-refractivity contribution < 1.29 is 4.79 Å². The number of nitriles is 1. The molecule has 21 heavy (non-hydrogen) atoms. The first-order valence-corrected chi connectivity index (χ1v) is 7.67. The van der Waals surface area contributed by atoms with Crippen molar-refractivity contribution in [2.24, 2.45) is 5.41 Å². The van der Waals surface area contributed by atoms with Gasteiger partial charge >= 0.3 is 0 Å². The van der Waals surface area contributed by atoms with Gasteiger partial charge in [-0.05, 0) is 45.1 Å². The fourth-order valence-electron chi connectivity index (χ4n) is 2.37. The number of nitrogens with zero attached hydrogens (tertiary/aromatic N) is 1. The normalized spacial score (nSPS) is 11.8. The maximum Gasteiger partial charge on any atom is 0.240 e. The fraction of sp³-hybridized carbons (Fsp3) is 0.556. The quantitative estimate of drug-likeness (QED) is 0.828. The maximum absolute atomic E-state index is 12.5. The molecule has 0 unspecified atom stereocenters. The molecule has 1 N–H and O–H groups in total. The van der Waals surface area contributed by atoms with Gasteiger partial charge in [-0.3, -0.25) is 4.79 Å². The van der Waals surface area contributed by atoms with E-state index < -0.39 is 5.41 Å². The minimum Gasteiger partial charge on any atom is -0.350 e. The van der Waals surface area contributed by atoms with Crippen LogP contribution in [-0.4, -0.2) is 11.4 Å². The lowest BCUT2D eigenvalue weighted by Gasteiger charge is -2.31. The summed E-state index contributed by atoms with van der Waals surface area (Å²) in [4.78, 5) is 12.5. The second-order valence-corrected chi connectivity index (χ2v) is 6.22. The van der Waals surface area contributed by atoms with Crippen molar-refractivity contribution in [1.29, 1.82) is 5.26 Å². The summed E-state index contributed by atoms with van der Waals surface area (Å²) in [5.41, 5.74) is 0.0426. The summed E-state index contributed by atoms with van der Waals surface area (Å²) in [5, 5.41) is 12.4. The Hall–Kier alpha value is -1.82. The molecule has 1 rings (SSSR count). The zero-order valence-corrected chi connectivity index (χ0v) is 13.6. The predicted molar refractivity (Wildman–Crippen MR) is 85.6 cm³/mol. The molecule has 0 saturated heterocycles. The Bertz CT molecular complexity index is 496. The molecule has 0 aliphatic rings. The number of hydrogen-bond donors (Lipinski definition) is 1. The van der Waals surface area contributed by atoms with E-state index in [4.69, 9.17) is 0 Å². The average molecular weight is 286 g/mol. The Kier molecular flexibility index (Phi) is 5.96. The number of carbonyl (C=O) groups excluding carboxylic acids is 1. The van der Waals surface area contributed by atoms with Gasteiger partial charge in [0.2, 0.25) is 5.91 Å². The molecule has 114 valence electrons. The van der Waals surface area contributed by atoms with Crippen molar-refractivity contribution in [3.8, 4) is 6.07 Å². The number of rotatable bonds is 7. The summed E-state index contributed by atoms with van der Waals surface area (Å²) in [6.07, 6.45) is 2.84. The second kappa shape index (κ2) is 7.26. The van der Waals surface area contributed by atoms with Crippen LogP contribution in [0.15, 0.2) is 30.3 Å². The lowest BCUT2D eigenvalue weighted by molar-refractivity contribution is -0.130. The van der Waals surface area contributed by atoms with Crippen LogP contribution in [0, 0.1) is 16.7 Å². The summed E-state index contributed by atoms with van der Waals surface area (Å²) in [5.74, 6) is -0.145. The molecule has 0 aliphatic heterocycles. The highest BCUT2D eigenvalue weighted by Crippen LogP contribution is 2.27. The van der Waals surface area contributed by atoms with E-state index in [2.05, 4.69) is 23.5 Å². The highest BCUT2D eigenvalue weighted by Gasteiger charge is 2.37. The van der Waals surface area contributed by atoms with E-state index in [0.29, 0.717) is 12.8 Å². The molecular formula is C18H26N2O. The molecule has 0 heterocycles. The van der Waals surface area contributed by atoms with Gasteiger partial charge in [-0.2, -0.15) is 5.26 Å². The van der Waals surface area contributed by atoms with E-state index >= 15 is 0 Å². The van der Waals surface area contributed by atoms with Gasteiger partial charge in [0.05, 0.1) is 6.07 Å². The summed E-state index contributed by atoms with van der Waals surface area (Å²) in [7, 11) is 0. The van der Waals surface area contributed by atoms with Gasteiger partial charge in [0.15, 0.2) is 0 Å². The van der Waals surface area contributed by atoms with Crippen molar-refractivity contribution in [2.75, 3.05) is 0 Å². The molecule has 1 aromatic rings. The number of amides is 1. The zero-order chi connectivity index (χ0) is 15.9. The van der Waals surface area contributed by atoms with Crippen molar-refractivity contribution in [3.05, 3.63) is 35.9 Å². The number of nitrogens with one attached hydrogen (secondary N) is 1. The minimum absolute atomic E-state index is 0.145. The van der Waals surface area contributed by atoms with E-state index in [1.165, 1.54) is 5.56 Å². The Morgan fingerprint density at radius 2 is 1.76 bits per heavy atom. The largest absolute Gasteiger partial charge is 0.350 e. The van der Waals surface area contributed by atoms with Crippen LogP contribution in [0.2, 0.25) is 0 Å². The Morgan fingerprint density at radius 3 is 2.24 bits per heavy atom. The van der Waals surface area contributed by atoms with E-state index in [-0.39, 0.29) is 11.4 Å². The Labute approximate surface area is 128 Å². The third-order valence-electron chi connectivity index (χ3n) is 4.19. The number of benzene rings is 1. The molecule has 0 spiro atoms. The van der Waals surface area contributed by atoms with Crippen LogP contribution in [0.3, 0.4) is 0 Å². The molecule has 0 bridgehead atoms. The van der Waals surface area contributed by atoms with E-state index in [1.807, 2.05) is 45.9 Å². The van der Waals surface area contributed by atoms with Crippen LogP contribution in [0.4, 0.5) is 0 Å². The summed E-state index contributed by atoms with van der Waals surface area (Å²) in [6.45, 7) is 7.81. The first-order valence-electron chi connectivity index (χ1n) is 7.67. The van der Waals surface area contributed by atoms with Crippen LogP contribution >= 0.6 is 0 Å². The van der Waals surface area contributed by atoms with Gasteiger partial charge in [0.1, 0.15) is 5.41 Å². The average Bonchev–Trinajstić information content (AvgIpc) is 2.48. The topological polar surface area (TPSA) is 52.9 Å². The molecule has 0 atom stereocenters. The van der Waals surface area contributed by atoms with Crippen molar-refractivity contribution in [3.63, 3.8) is 0 Å². The molecule has 0 fully saturated rings. The lowest BCUT2D eigenvalue weighted by Crippen LogP contribution is -2.50. The molecule has 3 heteroatoms. The van der Waals surface area contributed by atoms with Gasteiger partial charge in [-0.1, -0.05) is 44.2 Å². The number of aryl methyl sites for hydroxylation is 1. The van der Waals surface area contributed by atoms with Crippen LogP contribution in [0.1, 0.15) is 52.5 Å². The standard InChI is InChI=1S/C18H26N2O/c1-5-18(6-2,14-19)16(21)20-17(3,4)13-12-15-10-8-7-9-11-15/h7-11H,5-6,12-13H2,1-4H3,(H,20,21). The molecule has 3 nitrogen and oxygen atoms in total.